The van der Waals surface area contributed by atoms with Crippen molar-refractivity contribution >= 4 is 10.0 Å². The zero-order chi connectivity index (χ0) is 13.0. The van der Waals surface area contributed by atoms with E-state index in [0.717, 1.165) is 0 Å². The highest BCUT2D eigenvalue weighted by Gasteiger charge is 2.30. The summed E-state index contributed by atoms with van der Waals surface area (Å²) in [7, 11) is -3.31. The van der Waals surface area contributed by atoms with E-state index < -0.39 is 10.0 Å². The molecule has 1 unspecified atom stereocenters. The van der Waals surface area contributed by atoms with Crippen LogP contribution in [0.3, 0.4) is 0 Å². The van der Waals surface area contributed by atoms with Gasteiger partial charge in [-0.2, -0.15) is 0 Å². The zero-order valence-electron chi connectivity index (χ0n) is 10.4. The van der Waals surface area contributed by atoms with Crippen molar-refractivity contribution in [2.24, 2.45) is 0 Å². The molecule has 0 bridgehead atoms. The van der Waals surface area contributed by atoms with Gasteiger partial charge < -0.3 is 9.72 Å². The molecule has 0 saturated carbocycles. The fourth-order valence-corrected chi connectivity index (χ4v) is 3.76. The van der Waals surface area contributed by atoms with E-state index in [2.05, 4.69) is 14.7 Å². The average molecular weight is 273 g/mol. The molecule has 1 aliphatic heterocycles. The first-order valence-electron chi connectivity index (χ1n) is 6.21. The predicted octanol–water partition coefficient (Wildman–Crippen LogP) is 0.959. The molecular formula is C11H19N3O3S. The SMILES string of the molecule is CCC(NS(=O)(=O)C1CCOCC1)c1ncc[nH]1. The minimum atomic E-state index is -3.31. The van der Waals surface area contributed by atoms with Gasteiger partial charge in [0.25, 0.3) is 0 Å². The molecule has 6 nitrogen and oxygen atoms in total. The van der Waals surface area contributed by atoms with Gasteiger partial charge in [-0.05, 0) is 19.3 Å². The van der Waals surface area contributed by atoms with Crippen LogP contribution in [0.15, 0.2) is 12.4 Å². The predicted molar refractivity (Wildman–Crippen MR) is 67.5 cm³/mol. The van der Waals surface area contributed by atoms with E-state index in [1.807, 2.05) is 6.92 Å². The van der Waals surface area contributed by atoms with Crippen LogP contribution < -0.4 is 4.72 Å². The van der Waals surface area contributed by atoms with Crippen LogP contribution in [0, 0.1) is 0 Å². The van der Waals surface area contributed by atoms with E-state index >= 15 is 0 Å². The topological polar surface area (TPSA) is 84.1 Å². The highest BCUT2D eigenvalue weighted by atomic mass is 32.2. The molecule has 2 heterocycles. The Kier molecular flexibility index (Phi) is 4.36. The second-order valence-corrected chi connectivity index (χ2v) is 6.40. The monoisotopic (exact) mass is 273 g/mol. The van der Waals surface area contributed by atoms with Gasteiger partial charge in [0, 0.05) is 25.6 Å². The quantitative estimate of drug-likeness (QED) is 0.837. The van der Waals surface area contributed by atoms with Gasteiger partial charge in [-0.1, -0.05) is 6.92 Å². The number of H-pyrrole nitrogens is 1. The number of aromatic amines is 1. The van der Waals surface area contributed by atoms with E-state index in [0.29, 0.717) is 38.3 Å². The van der Waals surface area contributed by atoms with Crippen LogP contribution in [0.2, 0.25) is 0 Å². The Morgan fingerprint density at radius 3 is 2.83 bits per heavy atom. The van der Waals surface area contributed by atoms with Crippen molar-refractivity contribution in [2.75, 3.05) is 13.2 Å². The molecule has 0 amide bonds. The molecule has 0 spiro atoms. The second-order valence-electron chi connectivity index (χ2n) is 4.41. The maximum absolute atomic E-state index is 12.2. The molecule has 2 rings (SSSR count). The number of ether oxygens (including phenoxy) is 1. The van der Waals surface area contributed by atoms with Crippen LogP contribution in [0.5, 0.6) is 0 Å². The molecule has 1 aromatic heterocycles. The molecule has 18 heavy (non-hydrogen) atoms. The van der Waals surface area contributed by atoms with Crippen molar-refractivity contribution in [3.8, 4) is 0 Å². The lowest BCUT2D eigenvalue weighted by Crippen LogP contribution is -2.40. The van der Waals surface area contributed by atoms with Crippen LogP contribution in [0.4, 0.5) is 0 Å². The fourth-order valence-electron chi connectivity index (χ4n) is 2.08. The zero-order valence-corrected chi connectivity index (χ0v) is 11.2. The highest BCUT2D eigenvalue weighted by Crippen LogP contribution is 2.19. The lowest BCUT2D eigenvalue weighted by molar-refractivity contribution is 0.0980. The number of nitrogens with zero attached hydrogens (tertiary/aromatic N) is 1. The molecule has 1 atom stereocenters. The Morgan fingerprint density at radius 2 is 2.28 bits per heavy atom. The van der Waals surface area contributed by atoms with Gasteiger partial charge in [-0.25, -0.2) is 18.1 Å². The van der Waals surface area contributed by atoms with Gasteiger partial charge in [0.05, 0.1) is 11.3 Å². The Balaban J connectivity index is 2.06. The third-order valence-electron chi connectivity index (χ3n) is 3.17. The molecule has 1 aromatic rings. The number of aromatic nitrogens is 2. The van der Waals surface area contributed by atoms with Crippen molar-refractivity contribution in [3.05, 3.63) is 18.2 Å². The van der Waals surface area contributed by atoms with Crippen molar-refractivity contribution in [1.82, 2.24) is 14.7 Å². The summed E-state index contributed by atoms with van der Waals surface area (Å²) in [6.45, 7) is 2.96. The number of imidazole rings is 1. The lowest BCUT2D eigenvalue weighted by Gasteiger charge is -2.24. The summed E-state index contributed by atoms with van der Waals surface area (Å²) >= 11 is 0. The highest BCUT2D eigenvalue weighted by molar-refractivity contribution is 7.90. The van der Waals surface area contributed by atoms with Crippen molar-refractivity contribution < 1.29 is 13.2 Å². The molecule has 1 aliphatic rings. The van der Waals surface area contributed by atoms with Crippen LogP contribution in [-0.2, 0) is 14.8 Å². The van der Waals surface area contributed by atoms with Crippen LogP contribution in [0.1, 0.15) is 38.1 Å². The summed E-state index contributed by atoms with van der Waals surface area (Å²) in [6.07, 6.45) is 5.10. The smallest absolute Gasteiger partial charge is 0.215 e. The first-order valence-corrected chi connectivity index (χ1v) is 7.76. The van der Waals surface area contributed by atoms with Crippen molar-refractivity contribution in [3.63, 3.8) is 0 Å². The first kappa shape index (κ1) is 13.5. The number of hydrogen-bond donors (Lipinski definition) is 2. The lowest BCUT2D eigenvalue weighted by atomic mass is 10.2. The summed E-state index contributed by atoms with van der Waals surface area (Å²) in [6, 6.07) is -0.284. The maximum Gasteiger partial charge on any atom is 0.215 e. The van der Waals surface area contributed by atoms with Crippen LogP contribution >= 0.6 is 0 Å². The normalized spacial score (nSPS) is 19.8. The molecule has 102 valence electrons. The molecule has 1 fully saturated rings. The maximum atomic E-state index is 12.2. The van der Waals surface area contributed by atoms with E-state index in [9.17, 15) is 8.42 Å². The molecule has 0 aliphatic carbocycles. The Bertz CT molecular complexity index is 452. The van der Waals surface area contributed by atoms with Crippen LogP contribution in [0.25, 0.3) is 0 Å². The average Bonchev–Trinajstić information content (AvgIpc) is 2.91. The molecule has 7 heteroatoms. The number of rotatable bonds is 5. The van der Waals surface area contributed by atoms with Gasteiger partial charge in [0.15, 0.2) is 0 Å². The largest absolute Gasteiger partial charge is 0.381 e. The third kappa shape index (κ3) is 3.09. The van der Waals surface area contributed by atoms with Gasteiger partial charge in [0.2, 0.25) is 10.0 Å². The van der Waals surface area contributed by atoms with E-state index in [1.165, 1.54) is 0 Å². The third-order valence-corrected chi connectivity index (χ3v) is 5.13. The molecule has 2 N–H and O–H groups in total. The van der Waals surface area contributed by atoms with Crippen LogP contribution in [-0.4, -0.2) is 36.8 Å². The molecule has 0 aromatic carbocycles. The summed E-state index contributed by atoms with van der Waals surface area (Å²) in [5.74, 6) is 0.660. The van der Waals surface area contributed by atoms with Gasteiger partial charge >= 0.3 is 0 Å². The molecule has 1 saturated heterocycles. The van der Waals surface area contributed by atoms with Gasteiger partial charge in [-0.15, -0.1) is 0 Å². The minimum Gasteiger partial charge on any atom is -0.381 e. The standard InChI is InChI=1S/C11H19N3O3S/c1-2-10(11-12-5-6-13-11)14-18(15,16)9-3-7-17-8-4-9/h5-6,9-10,14H,2-4,7-8H2,1H3,(H,12,13). The van der Waals surface area contributed by atoms with Gasteiger partial charge in [-0.3, -0.25) is 0 Å². The Hall–Kier alpha value is -0.920. The second kappa shape index (κ2) is 5.81. The number of hydrogen-bond acceptors (Lipinski definition) is 4. The van der Waals surface area contributed by atoms with E-state index in [1.54, 1.807) is 12.4 Å². The number of nitrogens with one attached hydrogen (secondary N) is 2. The van der Waals surface area contributed by atoms with Crippen molar-refractivity contribution in [1.29, 1.82) is 0 Å². The van der Waals surface area contributed by atoms with Gasteiger partial charge in [0.1, 0.15) is 5.82 Å². The minimum absolute atomic E-state index is 0.284. The number of sulfonamides is 1. The van der Waals surface area contributed by atoms with E-state index in [4.69, 9.17) is 4.74 Å². The van der Waals surface area contributed by atoms with Crippen molar-refractivity contribution in [2.45, 2.75) is 37.5 Å². The summed E-state index contributed by atoms with van der Waals surface area (Å²) in [4.78, 5) is 7.06. The molecule has 0 radical (unpaired) electrons. The summed E-state index contributed by atoms with van der Waals surface area (Å²) in [5.41, 5.74) is 0. The first-order chi connectivity index (χ1) is 8.63. The Morgan fingerprint density at radius 1 is 1.56 bits per heavy atom. The molecular weight excluding hydrogens is 254 g/mol. The van der Waals surface area contributed by atoms with E-state index in [-0.39, 0.29) is 11.3 Å². The Labute approximate surface area is 107 Å². The fraction of sp³-hybridized carbons (Fsp3) is 0.727. The summed E-state index contributed by atoms with van der Waals surface area (Å²) in [5, 5.41) is -0.352. The summed E-state index contributed by atoms with van der Waals surface area (Å²) < 4.78 is 32.4.